The van der Waals surface area contributed by atoms with Crippen molar-refractivity contribution in [3.8, 4) is 0 Å². The molecule has 12 heavy (non-hydrogen) atoms. The lowest BCUT2D eigenvalue weighted by Crippen LogP contribution is -2.20. The molecule has 0 aliphatic carbocycles. The third-order valence-corrected chi connectivity index (χ3v) is 7.36. The fourth-order valence-corrected chi connectivity index (χ4v) is 5.20. The Labute approximate surface area is 89.1 Å². The van der Waals surface area contributed by atoms with Gasteiger partial charge < -0.3 is 4.74 Å². The molecule has 0 spiro atoms. The fraction of sp³-hybridized carbons (Fsp3) is 1.00. The van der Waals surface area contributed by atoms with Gasteiger partial charge in [0.2, 0.25) is 11.8 Å². The van der Waals surface area contributed by atoms with Gasteiger partial charge in [0.05, 0.1) is 6.61 Å². The number of hydrogen-bond donors (Lipinski definition) is 1. The van der Waals surface area contributed by atoms with Crippen LogP contribution < -0.4 is 0 Å². The van der Waals surface area contributed by atoms with Crippen LogP contribution in [-0.4, -0.2) is 18.4 Å². The van der Waals surface area contributed by atoms with Crippen LogP contribution in [0.15, 0.2) is 0 Å². The molecule has 0 fully saturated rings. The Balaban J connectivity index is 4.36. The molecule has 2 unspecified atom stereocenters. The summed E-state index contributed by atoms with van der Waals surface area (Å²) in [5.74, 6) is 0. The topological polar surface area (TPSA) is 18.5 Å². The molecule has 0 N–H and O–H groups in total. The van der Waals surface area contributed by atoms with Crippen LogP contribution in [0, 0.1) is 0 Å². The van der Waals surface area contributed by atoms with Crippen LogP contribution in [0.25, 0.3) is 0 Å². The van der Waals surface area contributed by atoms with E-state index in [0.29, 0.717) is 6.61 Å². The maximum Gasteiger partial charge on any atom is 0.386 e. The number of ether oxygens (including phenoxy) is 1. The first kappa shape index (κ1) is 13.1. The molecule has 0 aliphatic heterocycles. The van der Waals surface area contributed by atoms with Gasteiger partial charge in [0, 0.05) is 13.5 Å². The molecular weight excluding hydrogens is 231 g/mol. The lowest BCUT2D eigenvalue weighted by Gasteiger charge is -2.17. The maximum absolute atomic E-state index is 5.36. The van der Waals surface area contributed by atoms with Gasteiger partial charge in [0.1, 0.15) is 0 Å². The van der Waals surface area contributed by atoms with Gasteiger partial charge in [-0.1, -0.05) is 6.92 Å². The van der Waals surface area contributed by atoms with Gasteiger partial charge in [-0.3, -0.25) is 0 Å². The van der Waals surface area contributed by atoms with Crippen molar-refractivity contribution in [2.45, 2.75) is 24.9 Å². The van der Waals surface area contributed by atoms with E-state index in [0.717, 1.165) is 6.42 Å². The molecular formula is C6H14O2PS3+. The van der Waals surface area contributed by atoms with Crippen molar-refractivity contribution in [2.24, 2.45) is 0 Å². The molecule has 0 aromatic heterocycles. The molecule has 72 valence electrons. The van der Waals surface area contributed by atoms with Crippen LogP contribution in [0.4, 0.5) is 0 Å². The van der Waals surface area contributed by atoms with E-state index >= 15 is 0 Å². The van der Waals surface area contributed by atoms with E-state index in [-0.39, 0.29) is 0 Å². The van der Waals surface area contributed by atoms with Gasteiger partial charge >= 0.3 is 11.6 Å². The summed E-state index contributed by atoms with van der Waals surface area (Å²) in [6, 6.07) is 0. The zero-order valence-corrected chi connectivity index (χ0v) is 10.9. The van der Waals surface area contributed by atoms with Gasteiger partial charge in [-0.05, 0) is 17.7 Å². The highest BCUT2D eigenvalue weighted by Crippen LogP contribution is 2.52. The van der Waals surface area contributed by atoms with E-state index in [1.54, 1.807) is 7.11 Å². The molecule has 0 saturated heterocycles. The van der Waals surface area contributed by atoms with Gasteiger partial charge in [0.25, 0.3) is 0 Å². The predicted octanol–water partition coefficient (Wildman–Crippen LogP) is 3.17. The van der Waals surface area contributed by atoms with Crippen molar-refractivity contribution >= 4 is 41.2 Å². The van der Waals surface area contributed by atoms with E-state index in [2.05, 4.69) is 11.7 Å². The molecule has 0 bridgehead atoms. The van der Waals surface area contributed by atoms with Crippen molar-refractivity contribution in [3.05, 3.63) is 0 Å². The van der Waals surface area contributed by atoms with E-state index in [1.165, 1.54) is 10.8 Å². The maximum atomic E-state index is 5.36. The molecule has 6 heteroatoms. The quantitative estimate of drug-likeness (QED) is 0.335. The molecule has 0 heterocycles. The Hall–Kier alpha value is 1.14. The van der Waals surface area contributed by atoms with E-state index < -0.39 is 11.6 Å². The summed E-state index contributed by atoms with van der Waals surface area (Å²) in [6.45, 7) is 3.61. The Morgan fingerprint density at radius 3 is 2.42 bits per heavy atom. The van der Waals surface area contributed by atoms with Crippen LogP contribution in [0.3, 0.4) is 0 Å². The molecule has 2 atom stereocenters. The highest BCUT2D eigenvalue weighted by atomic mass is 33.1. The summed E-state index contributed by atoms with van der Waals surface area (Å²) in [5, 5.41) is 0. The Bertz CT molecular complexity index is 141. The summed E-state index contributed by atoms with van der Waals surface area (Å²) in [6.07, 6.45) is 0.812. The monoisotopic (exact) mass is 245 g/mol. The first-order valence-corrected chi connectivity index (χ1v) is 7.79. The van der Waals surface area contributed by atoms with Crippen molar-refractivity contribution < 1.29 is 9.26 Å². The largest absolute Gasteiger partial charge is 0.386 e. The summed E-state index contributed by atoms with van der Waals surface area (Å²) >= 11 is 9.37. The zero-order valence-electron chi connectivity index (χ0n) is 7.44. The molecule has 0 rings (SSSR count). The fourth-order valence-electron chi connectivity index (χ4n) is 0.699. The highest BCUT2D eigenvalue weighted by Gasteiger charge is 2.46. The second kappa shape index (κ2) is 6.57. The van der Waals surface area contributed by atoms with Crippen LogP contribution in [0.2, 0.25) is 0 Å². The molecule has 0 aromatic carbocycles. The highest BCUT2D eigenvalue weighted by molar-refractivity contribution is 8.70. The SMILES string of the molecule is CCO[P+](=S)C(CC)(OC)SS. The van der Waals surface area contributed by atoms with Crippen LogP contribution in [0.5, 0.6) is 0 Å². The molecule has 0 saturated carbocycles. The minimum absolute atomic E-state index is 0.427. The van der Waals surface area contributed by atoms with Crippen LogP contribution in [0.1, 0.15) is 20.3 Å². The van der Waals surface area contributed by atoms with E-state index in [1.807, 2.05) is 13.8 Å². The van der Waals surface area contributed by atoms with Gasteiger partial charge in [0.15, 0.2) is 0 Å². The number of thiol groups is 1. The smallest absolute Gasteiger partial charge is 0.327 e. The van der Waals surface area contributed by atoms with Crippen molar-refractivity contribution in [1.82, 2.24) is 0 Å². The Kier molecular flexibility index (Phi) is 7.20. The number of hydrogen-bond acceptors (Lipinski definition) is 5. The average molecular weight is 245 g/mol. The van der Waals surface area contributed by atoms with Gasteiger partial charge in [-0.25, -0.2) is 0 Å². The third kappa shape index (κ3) is 3.13. The standard InChI is InChI=1S/C6H13O2PS3/c1-4-6(7-3,12-11)9(10)8-5-2/h4-5H2,1-3H3/p+1. The van der Waals surface area contributed by atoms with Crippen molar-refractivity contribution in [3.63, 3.8) is 0 Å². The second-order valence-corrected chi connectivity index (χ2v) is 6.22. The first-order chi connectivity index (χ1) is 5.66. The van der Waals surface area contributed by atoms with E-state index in [4.69, 9.17) is 21.1 Å². The third-order valence-electron chi connectivity index (χ3n) is 1.43. The number of rotatable bonds is 6. The first-order valence-electron chi connectivity index (χ1n) is 3.64. The lowest BCUT2D eigenvalue weighted by atomic mass is 10.5. The average Bonchev–Trinajstić information content (AvgIpc) is 2.09. The minimum Gasteiger partial charge on any atom is -0.327 e. The zero-order chi connectivity index (χ0) is 9.61. The summed E-state index contributed by atoms with van der Waals surface area (Å²) in [7, 11) is 2.98. The molecule has 0 aromatic rings. The van der Waals surface area contributed by atoms with Crippen molar-refractivity contribution in [2.75, 3.05) is 13.7 Å². The van der Waals surface area contributed by atoms with Crippen molar-refractivity contribution in [1.29, 1.82) is 0 Å². The second-order valence-electron chi connectivity index (χ2n) is 2.04. The Morgan fingerprint density at radius 1 is 1.58 bits per heavy atom. The Morgan fingerprint density at radius 2 is 2.17 bits per heavy atom. The van der Waals surface area contributed by atoms with Crippen LogP contribution >= 0.6 is 29.4 Å². The summed E-state index contributed by atoms with van der Waals surface area (Å²) in [4.78, 5) is 0. The lowest BCUT2D eigenvalue weighted by molar-refractivity contribution is 0.130. The predicted molar refractivity (Wildman–Crippen MR) is 62.5 cm³/mol. The van der Waals surface area contributed by atoms with Gasteiger partial charge in [-0.2, -0.15) is 4.52 Å². The molecule has 2 nitrogen and oxygen atoms in total. The normalized spacial score (nSPS) is 17.2. The molecule has 0 amide bonds. The van der Waals surface area contributed by atoms with E-state index in [9.17, 15) is 0 Å². The molecule has 0 aliphatic rings. The number of methoxy groups -OCH3 is 1. The summed E-state index contributed by atoms with van der Waals surface area (Å²) < 4.78 is 10.3. The van der Waals surface area contributed by atoms with Crippen LogP contribution in [-0.2, 0) is 21.1 Å². The summed E-state index contributed by atoms with van der Waals surface area (Å²) in [5.41, 5.74) is 0. The molecule has 0 radical (unpaired) electrons. The minimum atomic E-state index is -0.981. The van der Waals surface area contributed by atoms with Gasteiger partial charge in [-0.15, -0.1) is 11.7 Å².